The second-order valence-electron chi connectivity index (χ2n) is 5.39. The number of rotatable bonds is 5. The molecule has 0 unspecified atom stereocenters. The SMILES string of the molecule is COC(=O)c1sc2ccccc2c1S(=O)(=O)NCC1=CCNCC1.Cl. The highest BCUT2D eigenvalue weighted by Crippen LogP contribution is 2.35. The molecule has 136 valence electrons. The smallest absolute Gasteiger partial charge is 0.349 e. The number of halogens is 1. The quantitative estimate of drug-likeness (QED) is 0.592. The fraction of sp³-hybridized carbons (Fsp3) is 0.312. The Balaban J connectivity index is 0.00000225. The normalized spacial score (nSPS) is 14.7. The molecule has 0 saturated heterocycles. The van der Waals surface area contributed by atoms with Crippen LogP contribution in [0.5, 0.6) is 0 Å². The first-order chi connectivity index (χ1) is 11.5. The first-order valence-corrected chi connectivity index (χ1v) is 9.81. The van der Waals surface area contributed by atoms with Crippen LogP contribution < -0.4 is 10.0 Å². The van der Waals surface area contributed by atoms with Crippen molar-refractivity contribution in [2.24, 2.45) is 0 Å². The Kier molecular flexibility index (Phi) is 6.59. The van der Waals surface area contributed by atoms with Crippen LogP contribution in [0.4, 0.5) is 0 Å². The lowest BCUT2D eigenvalue weighted by molar-refractivity contribution is 0.0602. The fourth-order valence-electron chi connectivity index (χ4n) is 2.61. The lowest BCUT2D eigenvalue weighted by Crippen LogP contribution is -2.30. The van der Waals surface area contributed by atoms with Gasteiger partial charge in [0.15, 0.2) is 0 Å². The number of carbonyl (C=O) groups excluding carboxylic acids is 1. The van der Waals surface area contributed by atoms with Crippen molar-refractivity contribution in [3.63, 3.8) is 0 Å². The summed E-state index contributed by atoms with van der Waals surface area (Å²) in [6.07, 6.45) is 2.79. The maximum Gasteiger partial charge on any atom is 0.349 e. The zero-order valence-electron chi connectivity index (χ0n) is 13.6. The van der Waals surface area contributed by atoms with E-state index in [9.17, 15) is 13.2 Å². The van der Waals surface area contributed by atoms with Gasteiger partial charge >= 0.3 is 5.97 Å². The molecule has 0 spiro atoms. The van der Waals surface area contributed by atoms with Crippen LogP contribution in [0.25, 0.3) is 10.1 Å². The van der Waals surface area contributed by atoms with Gasteiger partial charge in [0.05, 0.1) is 7.11 Å². The highest BCUT2D eigenvalue weighted by Gasteiger charge is 2.28. The summed E-state index contributed by atoms with van der Waals surface area (Å²) >= 11 is 1.13. The number of methoxy groups -OCH3 is 1. The Hall–Kier alpha value is -1.45. The first kappa shape index (κ1) is 19.9. The zero-order valence-corrected chi connectivity index (χ0v) is 16.0. The summed E-state index contributed by atoms with van der Waals surface area (Å²) in [6.45, 7) is 1.82. The van der Waals surface area contributed by atoms with Crippen LogP contribution in [0.15, 0.2) is 40.8 Å². The van der Waals surface area contributed by atoms with Gasteiger partial charge in [-0.05, 0) is 19.0 Å². The highest BCUT2D eigenvalue weighted by molar-refractivity contribution is 7.90. The van der Waals surface area contributed by atoms with Crippen LogP contribution in [0.2, 0.25) is 0 Å². The molecule has 0 bridgehead atoms. The van der Waals surface area contributed by atoms with Gasteiger partial charge in [-0.2, -0.15) is 0 Å². The maximum atomic E-state index is 12.8. The Bertz CT molecular complexity index is 906. The molecule has 2 heterocycles. The molecule has 0 fully saturated rings. The van der Waals surface area contributed by atoms with Crippen molar-refractivity contribution in [2.45, 2.75) is 11.3 Å². The average molecular weight is 403 g/mol. The van der Waals surface area contributed by atoms with Crippen molar-refractivity contribution in [2.75, 3.05) is 26.7 Å². The second-order valence-corrected chi connectivity index (χ2v) is 8.15. The molecule has 9 heteroatoms. The summed E-state index contributed by atoms with van der Waals surface area (Å²) in [6, 6.07) is 7.06. The van der Waals surface area contributed by atoms with E-state index in [2.05, 4.69) is 10.0 Å². The van der Waals surface area contributed by atoms with E-state index in [1.165, 1.54) is 7.11 Å². The van der Waals surface area contributed by atoms with Crippen LogP contribution in [-0.4, -0.2) is 41.1 Å². The van der Waals surface area contributed by atoms with E-state index in [0.717, 1.165) is 41.1 Å². The number of nitrogens with one attached hydrogen (secondary N) is 2. The Morgan fingerprint density at radius 1 is 1.36 bits per heavy atom. The number of sulfonamides is 1. The minimum absolute atomic E-state index is 0. The Morgan fingerprint density at radius 3 is 2.80 bits per heavy atom. The number of thiophene rings is 1. The van der Waals surface area contributed by atoms with Crippen molar-refractivity contribution in [3.05, 3.63) is 40.8 Å². The van der Waals surface area contributed by atoms with E-state index in [0.29, 0.717) is 5.39 Å². The van der Waals surface area contributed by atoms with Gasteiger partial charge in [-0.25, -0.2) is 17.9 Å². The predicted molar refractivity (Wildman–Crippen MR) is 101 cm³/mol. The summed E-state index contributed by atoms with van der Waals surface area (Å²) in [7, 11) is -2.58. The van der Waals surface area contributed by atoms with Gasteiger partial charge in [-0.1, -0.05) is 29.8 Å². The van der Waals surface area contributed by atoms with Gasteiger partial charge in [-0.3, -0.25) is 0 Å². The van der Waals surface area contributed by atoms with Crippen molar-refractivity contribution in [1.82, 2.24) is 10.0 Å². The van der Waals surface area contributed by atoms with Crippen molar-refractivity contribution < 1.29 is 17.9 Å². The standard InChI is InChI=1S/C16H18N2O4S2.ClH/c1-22-16(19)14-15(12-4-2-3-5-13(12)23-14)24(20,21)18-10-11-6-8-17-9-7-11;/h2-6,17-18H,7-10H2,1H3;1H. The zero-order chi connectivity index (χ0) is 17.2. The third-order valence-corrected chi connectivity index (χ3v) is 6.60. The highest BCUT2D eigenvalue weighted by atomic mass is 35.5. The third kappa shape index (κ3) is 4.21. The third-order valence-electron chi connectivity index (χ3n) is 3.84. The first-order valence-electron chi connectivity index (χ1n) is 7.51. The molecule has 0 amide bonds. The van der Waals surface area contributed by atoms with E-state index in [4.69, 9.17) is 4.74 Å². The fourth-order valence-corrected chi connectivity index (χ4v) is 5.46. The molecule has 2 aromatic rings. The van der Waals surface area contributed by atoms with Crippen molar-refractivity contribution >= 4 is 49.8 Å². The minimum atomic E-state index is -3.83. The average Bonchev–Trinajstić information content (AvgIpc) is 3.00. The molecule has 6 nitrogen and oxygen atoms in total. The van der Waals surface area contributed by atoms with E-state index in [1.807, 2.05) is 12.1 Å². The molecule has 3 rings (SSSR count). The van der Waals surface area contributed by atoms with Gasteiger partial charge < -0.3 is 10.1 Å². The number of hydrogen-bond donors (Lipinski definition) is 2. The predicted octanol–water partition coefficient (Wildman–Crippen LogP) is 2.31. The maximum absolute atomic E-state index is 12.8. The molecular formula is C16H19ClN2O4S2. The molecule has 2 N–H and O–H groups in total. The molecular weight excluding hydrogens is 384 g/mol. The number of carbonyl (C=O) groups is 1. The summed E-state index contributed by atoms with van der Waals surface area (Å²) in [5.41, 5.74) is 1.04. The largest absolute Gasteiger partial charge is 0.465 e. The van der Waals surface area contributed by atoms with Gasteiger partial charge in [0.1, 0.15) is 9.77 Å². The van der Waals surface area contributed by atoms with Gasteiger partial charge in [0.25, 0.3) is 0 Å². The van der Waals surface area contributed by atoms with Crippen LogP contribution in [0, 0.1) is 0 Å². The van der Waals surface area contributed by atoms with Crippen molar-refractivity contribution in [3.8, 4) is 0 Å². The summed E-state index contributed by atoms with van der Waals surface area (Å²) < 4.78 is 33.8. The summed E-state index contributed by atoms with van der Waals surface area (Å²) in [5, 5.41) is 3.72. The van der Waals surface area contributed by atoms with Crippen molar-refractivity contribution in [1.29, 1.82) is 0 Å². The topological polar surface area (TPSA) is 84.5 Å². The number of esters is 1. The van der Waals surface area contributed by atoms with E-state index in [1.54, 1.807) is 18.2 Å². The van der Waals surface area contributed by atoms with E-state index >= 15 is 0 Å². The molecule has 0 saturated carbocycles. The second kappa shape index (κ2) is 8.29. The monoisotopic (exact) mass is 402 g/mol. The lowest BCUT2D eigenvalue weighted by Gasteiger charge is -2.15. The van der Waals surface area contributed by atoms with Crippen LogP contribution in [0.1, 0.15) is 16.1 Å². The van der Waals surface area contributed by atoms with Crippen LogP contribution >= 0.6 is 23.7 Å². The number of benzene rings is 1. The molecule has 1 aromatic heterocycles. The van der Waals surface area contributed by atoms with Crippen LogP contribution in [-0.2, 0) is 14.8 Å². The van der Waals surface area contributed by atoms with E-state index < -0.39 is 16.0 Å². The number of fused-ring (bicyclic) bond motifs is 1. The minimum Gasteiger partial charge on any atom is -0.465 e. The molecule has 1 aliphatic rings. The molecule has 1 aliphatic heterocycles. The number of ether oxygens (including phenoxy) is 1. The molecule has 0 radical (unpaired) electrons. The van der Waals surface area contributed by atoms with Gasteiger partial charge in [-0.15, -0.1) is 23.7 Å². The molecule has 0 atom stereocenters. The Labute approximate surface area is 156 Å². The van der Waals surface area contributed by atoms with E-state index in [-0.39, 0.29) is 28.7 Å². The van der Waals surface area contributed by atoms with Gasteiger partial charge in [0, 0.05) is 23.2 Å². The molecule has 0 aliphatic carbocycles. The number of hydrogen-bond acceptors (Lipinski definition) is 6. The summed E-state index contributed by atoms with van der Waals surface area (Å²) in [4.78, 5) is 12.1. The van der Waals surface area contributed by atoms with Gasteiger partial charge in [0.2, 0.25) is 10.0 Å². The Morgan fingerprint density at radius 2 is 2.12 bits per heavy atom. The van der Waals surface area contributed by atoms with Crippen LogP contribution in [0.3, 0.4) is 0 Å². The molecule has 25 heavy (non-hydrogen) atoms. The summed E-state index contributed by atoms with van der Waals surface area (Å²) in [5.74, 6) is -0.641. The lowest BCUT2D eigenvalue weighted by atomic mass is 10.1. The molecule has 1 aromatic carbocycles.